The topological polar surface area (TPSA) is 89.3 Å². The fraction of sp³-hybridized carbons (Fsp3) is 0.143. The number of rotatable bonds is 6. The summed E-state index contributed by atoms with van der Waals surface area (Å²) in [6.07, 6.45) is 0. The lowest BCUT2D eigenvalue weighted by Crippen LogP contribution is -2.30. The maximum Gasteiger partial charge on any atom is 0.237 e. The van der Waals surface area contributed by atoms with Crippen LogP contribution in [0.5, 0.6) is 0 Å². The molecular formula is C21H20N2O3S. The monoisotopic (exact) mass is 380 g/mol. The van der Waals surface area contributed by atoms with Crippen molar-refractivity contribution in [1.29, 1.82) is 0 Å². The molecular weight excluding hydrogens is 360 g/mol. The van der Waals surface area contributed by atoms with Crippen LogP contribution in [0.3, 0.4) is 0 Å². The Morgan fingerprint density at radius 3 is 2.37 bits per heavy atom. The maximum atomic E-state index is 12.7. The first-order valence-corrected chi connectivity index (χ1v) is 9.84. The zero-order valence-electron chi connectivity index (χ0n) is 14.8. The van der Waals surface area contributed by atoms with Gasteiger partial charge in [0.15, 0.2) is 0 Å². The summed E-state index contributed by atoms with van der Waals surface area (Å²) in [6, 6.07) is 20.3. The SMILES string of the molecule is Cc1ccc(C(C(N)=O)S(=O)CC(=O)Nc2cccc3ccccc23)cc1. The number of amides is 2. The molecule has 0 saturated heterocycles. The summed E-state index contributed by atoms with van der Waals surface area (Å²) < 4.78 is 12.7. The third-order valence-corrected chi connectivity index (χ3v) is 5.82. The molecule has 3 aromatic carbocycles. The van der Waals surface area contributed by atoms with E-state index in [4.69, 9.17) is 5.73 Å². The van der Waals surface area contributed by atoms with Crippen LogP contribution in [0, 0.1) is 6.92 Å². The summed E-state index contributed by atoms with van der Waals surface area (Å²) in [6.45, 7) is 1.91. The minimum atomic E-state index is -1.77. The Morgan fingerprint density at radius 1 is 1.00 bits per heavy atom. The number of nitrogens with one attached hydrogen (secondary N) is 1. The number of hydrogen-bond acceptors (Lipinski definition) is 3. The average Bonchev–Trinajstić information content (AvgIpc) is 2.63. The highest BCUT2D eigenvalue weighted by Gasteiger charge is 2.26. The highest BCUT2D eigenvalue weighted by Crippen LogP contribution is 2.24. The Labute approximate surface area is 160 Å². The highest BCUT2D eigenvalue weighted by molar-refractivity contribution is 7.86. The smallest absolute Gasteiger partial charge is 0.237 e. The van der Waals surface area contributed by atoms with E-state index < -0.39 is 27.9 Å². The van der Waals surface area contributed by atoms with E-state index in [9.17, 15) is 13.8 Å². The number of anilines is 1. The van der Waals surface area contributed by atoms with Crippen molar-refractivity contribution in [2.24, 2.45) is 5.73 Å². The highest BCUT2D eigenvalue weighted by atomic mass is 32.2. The van der Waals surface area contributed by atoms with Gasteiger partial charge in [-0.1, -0.05) is 66.2 Å². The van der Waals surface area contributed by atoms with E-state index in [1.54, 1.807) is 18.2 Å². The number of carbonyl (C=O) groups is 2. The molecule has 0 radical (unpaired) electrons. The molecule has 0 aliphatic heterocycles. The normalized spacial score (nSPS) is 13.1. The third-order valence-electron chi connectivity index (χ3n) is 4.24. The van der Waals surface area contributed by atoms with Gasteiger partial charge in [0.2, 0.25) is 11.8 Å². The second kappa shape index (κ2) is 8.14. The van der Waals surface area contributed by atoms with Crippen LogP contribution < -0.4 is 11.1 Å². The quantitative estimate of drug-likeness (QED) is 0.689. The van der Waals surface area contributed by atoms with Gasteiger partial charge in [-0.2, -0.15) is 0 Å². The van der Waals surface area contributed by atoms with Crippen molar-refractivity contribution in [3.8, 4) is 0 Å². The molecule has 3 rings (SSSR count). The summed E-state index contributed by atoms with van der Waals surface area (Å²) in [5, 5.41) is 3.65. The first-order valence-electron chi connectivity index (χ1n) is 8.46. The minimum Gasteiger partial charge on any atom is -0.368 e. The van der Waals surface area contributed by atoms with Gasteiger partial charge in [0.25, 0.3) is 0 Å². The van der Waals surface area contributed by atoms with Crippen LogP contribution >= 0.6 is 0 Å². The fourth-order valence-corrected chi connectivity index (χ4v) is 4.14. The molecule has 6 heteroatoms. The van der Waals surface area contributed by atoms with E-state index >= 15 is 0 Å². The first-order chi connectivity index (χ1) is 13.0. The van der Waals surface area contributed by atoms with Crippen LogP contribution in [0.1, 0.15) is 16.4 Å². The molecule has 0 heterocycles. The second-order valence-corrected chi connectivity index (χ2v) is 7.81. The summed E-state index contributed by atoms with van der Waals surface area (Å²) in [5.74, 6) is -1.46. The van der Waals surface area contributed by atoms with E-state index in [1.165, 1.54) is 0 Å². The predicted molar refractivity (Wildman–Crippen MR) is 109 cm³/mol. The molecule has 0 spiro atoms. The third kappa shape index (κ3) is 4.41. The van der Waals surface area contributed by atoms with Gasteiger partial charge in [-0.05, 0) is 23.9 Å². The van der Waals surface area contributed by atoms with Crippen LogP contribution in [-0.4, -0.2) is 21.8 Å². The summed E-state index contributed by atoms with van der Waals surface area (Å²) in [4.78, 5) is 24.3. The summed E-state index contributed by atoms with van der Waals surface area (Å²) >= 11 is 0. The van der Waals surface area contributed by atoms with Crippen LogP contribution in [0.15, 0.2) is 66.7 Å². The summed E-state index contributed by atoms with van der Waals surface area (Å²) in [7, 11) is -1.77. The molecule has 3 aromatic rings. The van der Waals surface area contributed by atoms with Gasteiger partial charge in [0, 0.05) is 21.9 Å². The number of primary amides is 1. The molecule has 0 aliphatic carbocycles. The van der Waals surface area contributed by atoms with E-state index in [2.05, 4.69) is 5.32 Å². The average molecular weight is 380 g/mol. The van der Waals surface area contributed by atoms with Crippen molar-refractivity contribution < 1.29 is 13.8 Å². The maximum absolute atomic E-state index is 12.7. The van der Waals surface area contributed by atoms with E-state index in [0.29, 0.717) is 11.3 Å². The predicted octanol–water partition coefficient (Wildman–Crippen LogP) is 3.06. The molecule has 0 saturated carbocycles. The van der Waals surface area contributed by atoms with Crippen LogP contribution in [-0.2, 0) is 20.4 Å². The van der Waals surface area contributed by atoms with Crippen molar-refractivity contribution in [1.82, 2.24) is 0 Å². The van der Waals surface area contributed by atoms with Crippen molar-refractivity contribution in [3.05, 3.63) is 77.9 Å². The van der Waals surface area contributed by atoms with Gasteiger partial charge < -0.3 is 11.1 Å². The van der Waals surface area contributed by atoms with Crippen molar-refractivity contribution in [2.75, 3.05) is 11.1 Å². The lowest BCUT2D eigenvalue weighted by Gasteiger charge is -2.14. The van der Waals surface area contributed by atoms with Crippen molar-refractivity contribution in [3.63, 3.8) is 0 Å². The lowest BCUT2D eigenvalue weighted by molar-refractivity contribution is -0.117. The molecule has 0 aromatic heterocycles. The molecule has 0 bridgehead atoms. The molecule has 27 heavy (non-hydrogen) atoms. The number of fused-ring (bicyclic) bond motifs is 1. The van der Waals surface area contributed by atoms with Crippen LogP contribution in [0.2, 0.25) is 0 Å². The molecule has 5 nitrogen and oxygen atoms in total. The largest absolute Gasteiger partial charge is 0.368 e. The van der Waals surface area contributed by atoms with Gasteiger partial charge >= 0.3 is 0 Å². The van der Waals surface area contributed by atoms with E-state index in [0.717, 1.165) is 16.3 Å². The molecule has 2 amide bonds. The second-order valence-electron chi connectivity index (χ2n) is 6.29. The zero-order valence-corrected chi connectivity index (χ0v) is 15.7. The lowest BCUT2D eigenvalue weighted by atomic mass is 10.1. The molecule has 2 atom stereocenters. The van der Waals surface area contributed by atoms with Gasteiger partial charge in [-0.3, -0.25) is 13.8 Å². The van der Waals surface area contributed by atoms with Gasteiger partial charge in [0.05, 0.1) is 0 Å². The van der Waals surface area contributed by atoms with Crippen molar-refractivity contribution >= 4 is 39.1 Å². The van der Waals surface area contributed by atoms with Crippen molar-refractivity contribution in [2.45, 2.75) is 12.2 Å². The Balaban J connectivity index is 1.76. The van der Waals surface area contributed by atoms with Crippen LogP contribution in [0.25, 0.3) is 10.8 Å². The zero-order chi connectivity index (χ0) is 19.4. The number of benzene rings is 3. The van der Waals surface area contributed by atoms with Gasteiger partial charge in [-0.15, -0.1) is 0 Å². The fourth-order valence-electron chi connectivity index (χ4n) is 2.92. The minimum absolute atomic E-state index is 0.315. The number of carbonyl (C=O) groups excluding carboxylic acids is 2. The number of aryl methyl sites for hydroxylation is 1. The molecule has 138 valence electrons. The molecule has 0 fully saturated rings. The Kier molecular flexibility index (Phi) is 5.66. The van der Waals surface area contributed by atoms with Gasteiger partial charge in [-0.25, -0.2) is 0 Å². The van der Waals surface area contributed by atoms with E-state index in [1.807, 2.05) is 55.5 Å². The molecule has 3 N–H and O–H groups in total. The first kappa shape index (κ1) is 18.8. The summed E-state index contributed by atoms with van der Waals surface area (Å²) in [5.41, 5.74) is 7.65. The Morgan fingerprint density at radius 2 is 1.67 bits per heavy atom. The molecule has 0 aliphatic rings. The Bertz CT molecular complexity index is 1010. The molecule has 2 unspecified atom stereocenters. The van der Waals surface area contributed by atoms with E-state index in [-0.39, 0.29) is 5.75 Å². The van der Waals surface area contributed by atoms with Crippen LogP contribution in [0.4, 0.5) is 5.69 Å². The van der Waals surface area contributed by atoms with Gasteiger partial charge in [0.1, 0.15) is 11.0 Å². The number of nitrogens with two attached hydrogens (primary N) is 1. The number of hydrogen-bond donors (Lipinski definition) is 2. The Hall–Kier alpha value is -2.99. The standard InChI is InChI=1S/C21H20N2O3S/c1-14-9-11-16(12-10-14)20(21(22)25)27(26)13-19(24)23-18-8-4-6-15-5-2-3-7-17(15)18/h2-12,20H,13H2,1H3,(H2,22,25)(H,23,24).